The van der Waals surface area contributed by atoms with Crippen LogP contribution in [0.15, 0.2) is 22.8 Å². The van der Waals surface area contributed by atoms with Gasteiger partial charge in [0.15, 0.2) is 5.41 Å². The number of carbonyl (C=O) groups is 2. The maximum absolute atomic E-state index is 12.3. The van der Waals surface area contributed by atoms with Crippen molar-refractivity contribution in [2.75, 3.05) is 14.2 Å². The zero-order valence-electron chi connectivity index (χ0n) is 13.3. The van der Waals surface area contributed by atoms with E-state index in [1.807, 2.05) is 13.0 Å². The first-order valence-corrected chi connectivity index (χ1v) is 7.78. The summed E-state index contributed by atoms with van der Waals surface area (Å²) in [5, 5.41) is 0. The van der Waals surface area contributed by atoms with Crippen LogP contribution in [0.5, 0.6) is 0 Å². The Labute approximate surface area is 130 Å². The molecule has 0 radical (unpaired) electrons. The molecule has 0 N–H and O–H groups in total. The van der Waals surface area contributed by atoms with Crippen LogP contribution >= 0.6 is 0 Å². The Balaban J connectivity index is 2.07. The molecule has 3 aliphatic rings. The summed E-state index contributed by atoms with van der Waals surface area (Å²) in [6.45, 7) is 2.03. The van der Waals surface area contributed by atoms with E-state index < -0.39 is 17.4 Å². The molecule has 0 amide bonds. The smallest absolute Gasteiger partial charge is 0.323 e. The maximum Gasteiger partial charge on any atom is 0.323 e. The van der Waals surface area contributed by atoms with Gasteiger partial charge >= 0.3 is 11.9 Å². The summed E-state index contributed by atoms with van der Waals surface area (Å²) >= 11 is 0. The summed E-state index contributed by atoms with van der Waals surface area (Å²) in [5.74, 6) is -1.03. The van der Waals surface area contributed by atoms with E-state index >= 15 is 0 Å². The summed E-state index contributed by atoms with van der Waals surface area (Å²) in [6, 6.07) is 0. The van der Waals surface area contributed by atoms with Gasteiger partial charge in [-0.15, -0.1) is 0 Å². The molecule has 3 rings (SSSR count). The standard InChI is InChI=1S/C17H22O5/c1-10-11-7-8-17(15(18)20-2,16(19)21-3)9-13(11)12-5-4-6-14(12)22-10/h7,10,14H,4-6,8-9H2,1-3H3/t10-,14-/m1/s1. The van der Waals surface area contributed by atoms with Crippen molar-refractivity contribution in [2.45, 2.75) is 51.2 Å². The van der Waals surface area contributed by atoms with Crippen LogP contribution in [-0.4, -0.2) is 38.4 Å². The van der Waals surface area contributed by atoms with Gasteiger partial charge in [0.25, 0.3) is 0 Å². The fourth-order valence-corrected chi connectivity index (χ4v) is 4.01. The molecule has 5 heteroatoms. The lowest BCUT2D eigenvalue weighted by atomic mass is 9.69. The Bertz CT molecular complexity index is 556. The van der Waals surface area contributed by atoms with E-state index in [-0.39, 0.29) is 12.2 Å². The summed E-state index contributed by atoms with van der Waals surface area (Å²) in [7, 11) is 2.63. The summed E-state index contributed by atoms with van der Waals surface area (Å²) < 4.78 is 15.9. The minimum absolute atomic E-state index is 0.00939. The highest BCUT2D eigenvalue weighted by Crippen LogP contribution is 2.49. The van der Waals surface area contributed by atoms with Gasteiger partial charge in [0.2, 0.25) is 0 Å². The molecule has 0 bridgehead atoms. The predicted octanol–water partition coefficient (Wildman–Crippen LogP) is 2.31. The van der Waals surface area contributed by atoms with Crippen LogP contribution < -0.4 is 0 Å². The predicted molar refractivity (Wildman–Crippen MR) is 79.0 cm³/mol. The molecule has 120 valence electrons. The average molecular weight is 306 g/mol. The van der Waals surface area contributed by atoms with E-state index in [2.05, 4.69) is 0 Å². The molecule has 0 saturated heterocycles. The second-order valence-corrected chi connectivity index (χ2v) is 6.27. The fraction of sp³-hybridized carbons (Fsp3) is 0.647. The van der Waals surface area contributed by atoms with Crippen LogP contribution in [0, 0.1) is 5.41 Å². The van der Waals surface area contributed by atoms with Crippen molar-refractivity contribution in [3.8, 4) is 0 Å². The number of hydrogen-bond donors (Lipinski definition) is 0. The Morgan fingerprint density at radius 2 is 1.95 bits per heavy atom. The number of methoxy groups -OCH3 is 2. The molecule has 0 spiro atoms. The molecule has 1 aliphatic heterocycles. The molecule has 0 unspecified atom stereocenters. The first kappa shape index (κ1) is 15.3. The molecule has 0 aromatic carbocycles. The van der Waals surface area contributed by atoms with Crippen LogP contribution in [0.3, 0.4) is 0 Å². The van der Waals surface area contributed by atoms with Crippen LogP contribution in [0.1, 0.15) is 39.0 Å². The lowest BCUT2D eigenvalue weighted by Crippen LogP contribution is -2.45. The van der Waals surface area contributed by atoms with Crippen LogP contribution in [0.4, 0.5) is 0 Å². The number of ether oxygens (including phenoxy) is 3. The minimum Gasteiger partial charge on any atom is -0.468 e. The fourth-order valence-electron chi connectivity index (χ4n) is 4.01. The average Bonchev–Trinajstić information content (AvgIpc) is 3.01. The van der Waals surface area contributed by atoms with Gasteiger partial charge in [0.1, 0.15) is 0 Å². The molecule has 22 heavy (non-hydrogen) atoms. The number of allylic oxidation sites excluding steroid dienone is 1. The third-order valence-corrected chi connectivity index (χ3v) is 5.14. The quantitative estimate of drug-likeness (QED) is 0.579. The number of rotatable bonds is 2. The van der Waals surface area contributed by atoms with Crippen molar-refractivity contribution in [2.24, 2.45) is 5.41 Å². The van der Waals surface area contributed by atoms with Crippen molar-refractivity contribution in [1.29, 1.82) is 0 Å². The summed E-state index contributed by atoms with van der Waals surface area (Å²) in [6.07, 6.45) is 5.84. The molecule has 5 nitrogen and oxygen atoms in total. The van der Waals surface area contributed by atoms with E-state index in [1.54, 1.807) is 0 Å². The van der Waals surface area contributed by atoms with Gasteiger partial charge in [-0.05, 0) is 55.7 Å². The van der Waals surface area contributed by atoms with Gasteiger partial charge in [-0.25, -0.2) is 0 Å². The zero-order valence-corrected chi connectivity index (χ0v) is 13.3. The van der Waals surface area contributed by atoms with Gasteiger partial charge in [-0.1, -0.05) is 6.08 Å². The zero-order chi connectivity index (χ0) is 15.9. The highest BCUT2D eigenvalue weighted by molar-refractivity contribution is 6.01. The number of carbonyl (C=O) groups excluding carboxylic acids is 2. The Morgan fingerprint density at radius 3 is 2.59 bits per heavy atom. The van der Waals surface area contributed by atoms with Gasteiger partial charge in [0, 0.05) is 0 Å². The lowest BCUT2D eigenvalue weighted by Gasteiger charge is -2.39. The van der Waals surface area contributed by atoms with E-state index in [0.717, 1.165) is 30.4 Å². The number of esters is 2. The van der Waals surface area contributed by atoms with Crippen molar-refractivity contribution in [1.82, 2.24) is 0 Å². The third-order valence-electron chi connectivity index (χ3n) is 5.14. The molecule has 2 aliphatic carbocycles. The molecule has 2 atom stereocenters. The first-order valence-electron chi connectivity index (χ1n) is 7.78. The van der Waals surface area contributed by atoms with Gasteiger partial charge in [-0.2, -0.15) is 0 Å². The van der Waals surface area contributed by atoms with Gasteiger partial charge in [-0.3, -0.25) is 9.59 Å². The molecule has 1 saturated carbocycles. The number of hydrogen-bond acceptors (Lipinski definition) is 5. The molecule has 1 heterocycles. The topological polar surface area (TPSA) is 61.8 Å². The second kappa shape index (κ2) is 5.54. The van der Waals surface area contributed by atoms with E-state index in [9.17, 15) is 9.59 Å². The molecular formula is C17H22O5. The highest BCUT2D eigenvalue weighted by Gasteiger charge is 2.52. The Kier molecular flexibility index (Phi) is 3.85. The summed E-state index contributed by atoms with van der Waals surface area (Å²) in [4.78, 5) is 24.7. The third kappa shape index (κ3) is 2.10. The molecule has 0 aromatic heterocycles. The second-order valence-electron chi connectivity index (χ2n) is 6.27. The van der Waals surface area contributed by atoms with Crippen molar-refractivity contribution in [3.05, 3.63) is 22.8 Å². The van der Waals surface area contributed by atoms with Crippen molar-refractivity contribution >= 4 is 11.9 Å². The van der Waals surface area contributed by atoms with Crippen LogP contribution in [0.25, 0.3) is 0 Å². The highest BCUT2D eigenvalue weighted by atomic mass is 16.5. The monoisotopic (exact) mass is 306 g/mol. The molecular weight excluding hydrogens is 284 g/mol. The first-order chi connectivity index (χ1) is 10.5. The van der Waals surface area contributed by atoms with E-state index in [1.165, 1.54) is 19.8 Å². The largest absolute Gasteiger partial charge is 0.468 e. The van der Waals surface area contributed by atoms with Crippen molar-refractivity contribution in [3.63, 3.8) is 0 Å². The lowest BCUT2D eigenvalue weighted by molar-refractivity contribution is -0.169. The Morgan fingerprint density at radius 1 is 1.27 bits per heavy atom. The normalized spacial score (nSPS) is 29.3. The van der Waals surface area contributed by atoms with Gasteiger partial charge in [0.05, 0.1) is 26.4 Å². The summed E-state index contributed by atoms with van der Waals surface area (Å²) in [5.41, 5.74) is 2.24. The van der Waals surface area contributed by atoms with Gasteiger partial charge < -0.3 is 14.2 Å². The van der Waals surface area contributed by atoms with E-state index in [4.69, 9.17) is 14.2 Å². The molecule has 1 fully saturated rings. The minimum atomic E-state index is -1.25. The van der Waals surface area contributed by atoms with Crippen LogP contribution in [-0.2, 0) is 23.8 Å². The maximum atomic E-state index is 12.3. The number of fused-ring (bicyclic) bond motifs is 2. The van der Waals surface area contributed by atoms with E-state index in [0.29, 0.717) is 12.8 Å². The SMILES string of the molecule is COC(=O)C1(C(=O)OC)CC=C2C(=C3CCC[C@H]3O[C@@H]2C)C1. The molecule has 0 aromatic rings. The van der Waals surface area contributed by atoms with Crippen molar-refractivity contribution < 1.29 is 23.8 Å². The Hall–Kier alpha value is -1.62. The van der Waals surface area contributed by atoms with Crippen LogP contribution in [0.2, 0.25) is 0 Å².